The van der Waals surface area contributed by atoms with E-state index in [-0.39, 0.29) is 0 Å². The van der Waals surface area contributed by atoms with Crippen molar-refractivity contribution in [1.29, 1.82) is 0 Å². The average molecular weight is 352 g/mol. The van der Waals surface area contributed by atoms with E-state index in [0.29, 0.717) is 5.95 Å². The van der Waals surface area contributed by atoms with E-state index < -0.39 is 0 Å². The van der Waals surface area contributed by atoms with Gasteiger partial charge in [0.15, 0.2) is 0 Å². The van der Waals surface area contributed by atoms with Crippen molar-refractivity contribution in [3.05, 3.63) is 53.7 Å². The molecule has 1 heterocycles. The molecule has 1 aliphatic carbocycles. The monoisotopic (exact) mass is 352 g/mol. The minimum atomic E-state index is 0.667. The molecule has 0 spiro atoms. The summed E-state index contributed by atoms with van der Waals surface area (Å²) >= 11 is 0. The van der Waals surface area contributed by atoms with Crippen molar-refractivity contribution in [2.75, 3.05) is 30.8 Å². The van der Waals surface area contributed by atoms with Crippen LogP contribution in [-0.2, 0) is 6.42 Å². The molecule has 1 aromatic carbocycles. The van der Waals surface area contributed by atoms with Crippen LogP contribution in [-0.4, -0.2) is 30.2 Å². The number of hydrogen-bond acceptors (Lipinski definition) is 5. The molecule has 0 fully saturated rings. The van der Waals surface area contributed by atoms with E-state index in [1.807, 2.05) is 18.2 Å². The van der Waals surface area contributed by atoms with Crippen LogP contribution in [0.5, 0.6) is 5.75 Å². The molecule has 0 amide bonds. The second-order valence-electron chi connectivity index (χ2n) is 6.58. The van der Waals surface area contributed by atoms with Gasteiger partial charge in [0, 0.05) is 19.3 Å². The smallest absolute Gasteiger partial charge is 0.224 e. The maximum Gasteiger partial charge on any atom is 0.224 e. The van der Waals surface area contributed by atoms with Crippen LogP contribution in [0, 0.1) is 0 Å². The lowest BCUT2D eigenvalue weighted by Crippen LogP contribution is -2.10. The minimum absolute atomic E-state index is 0.667. The lowest BCUT2D eigenvalue weighted by Gasteiger charge is -2.13. The van der Waals surface area contributed by atoms with Gasteiger partial charge in [0.2, 0.25) is 5.95 Å². The Morgan fingerprint density at radius 2 is 1.85 bits per heavy atom. The van der Waals surface area contributed by atoms with Gasteiger partial charge in [-0.25, -0.2) is 4.98 Å². The third-order valence-electron chi connectivity index (χ3n) is 4.65. The van der Waals surface area contributed by atoms with Crippen LogP contribution in [0.15, 0.2) is 48.2 Å². The first-order valence-corrected chi connectivity index (χ1v) is 9.45. The summed E-state index contributed by atoms with van der Waals surface area (Å²) in [6, 6.07) is 10.1. The summed E-state index contributed by atoms with van der Waals surface area (Å²) in [7, 11) is 1.68. The summed E-state index contributed by atoms with van der Waals surface area (Å²) < 4.78 is 5.18. The fraction of sp³-hybridized carbons (Fsp3) is 0.429. The van der Waals surface area contributed by atoms with Gasteiger partial charge in [0.25, 0.3) is 0 Å². The van der Waals surface area contributed by atoms with Gasteiger partial charge in [-0.05, 0) is 62.3 Å². The molecule has 2 N–H and O–H groups in total. The highest BCUT2D eigenvalue weighted by atomic mass is 16.5. The molecule has 1 aliphatic rings. The van der Waals surface area contributed by atoms with Gasteiger partial charge in [0.05, 0.1) is 7.11 Å². The lowest BCUT2D eigenvalue weighted by molar-refractivity contribution is 0.414. The van der Waals surface area contributed by atoms with Crippen LogP contribution < -0.4 is 15.4 Å². The molecule has 138 valence electrons. The second-order valence-corrected chi connectivity index (χ2v) is 6.58. The van der Waals surface area contributed by atoms with Crippen LogP contribution in [0.2, 0.25) is 0 Å². The fourth-order valence-electron chi connectivity index (χ4n) is 3.14. The van der Waals surface area contributed by atoms with Crippen molar-refractivity contribution in [2.24, 2.45) is 0 Å². The topological polar surface area (TPSA) is 59.1 Å². The summed E-state index contributed by atoms with van der Waals surface area (Å²) in [6.07, 6.45) is 11.4. The van der Waals surface area contributed by atoms with E-state index in [0.717, 1.165) is 37.5 Å². The number of anilines is 2. The normalized spacial score (nSPS) is 13.8. The third kappa shape index (κ3) is 5.76. The number of methoxy groups -OCH3 is 1. The zero-order chi connectivity index (χ0) is 18.0. The molecule has 0 unspecified atom stereocenters. The first-order chi connectivity index (χ1) is 12.8. The summed E-state index contributed by atoms with van der Waals surface area (Å²) in [5.41, 5.74) is 2.84. The number of benzene rings is 1. The van der Waals surface area contributed by atoms with Crippen LogP contribution in [0.25, 0.3) is 0 Å². The first kappa shape index (κ1) is 18.2. The first-order valence-electron chi connectivity index (χ1n) is 9.45. The van der Waals surface area contributed by atoms with E-state index in [1.165, 1.54) is 31.2 Å². The number of aromatic nitrogens is 2. The van der Waals surface area contributed by atoms with E-state index in [4.69, 9.17) is 4.74 Å². The molecule has 5 heteroatoms. The highest BCUT2D eigenvalue weighted by Crippen LogP contribution is 2.20. The van der Waals surface area contributed by atoms with E-state index in [1.54, 1.807) is 18.9 Å². The van der Waals surface area contributed by atoms with Crippen molar-refractivity contribution in [2.45, 2.75) is 38.5 Å². The average Bonchev–Trinajstić information content (AvgIpc) is 2.70. The molecule has 0 bridgehead atoms. The van der Waals surface area contributed by atoms with Crippen LogP contribution in [0.1, 0.15) is 37.7 Å². The SMILES string of the molecule is COc1ccc(CCNc2nccc(NCCC3=CCCCC3)n2)cc1. The number of rotatable bonds is 9. The highest BCUT2D eigenvalue weighted by Gasteiger charge is 2.04. The van der Waals surface area contributed by atoms with Gasteiger partial charge < -0.3 is 15.4 Å². The molecule has 0 atom stereocenters. The molecule has 2 aromatic rings. The quantitative estimate of drug-likeness (QED) is 0.653. The molecule has 26 heavy (non-hydrogen) atoms. The fourth-order valence-corrected chi connectivity index (χ4v) is 3.14. The van der Waals surface area contributed by atoms with Crippen molar-refractivity contribution in [1.82, 2.24) is 9.97 Å². The van der Waals surface area contributed by atoms with Crippen molar-refractivity contribution in [3.8, 4) is 5.75 Å². The number of ether oxygens (including phenoxy) is 1. The number of nitrogens with zero attached hydrogens (tertiary/aromatic N) is 2. The van der Waals surface area contributed by atoms with Crippen molar-refractivity contribution >= 4 is 11.8 Å². The number of nitrogens with one attached hydrogen (secondary N) is 2. The maximum atomic E-state index is 5.18. The molecule has 0 saturated carbocycles. The molecular weight excluding hydrogens is 324 g/mol. The number of hydrogen-bond donors (Lipinski definition) is 2. The van der Waals surface area contributed by atoms with E-state index in [2.05, 4.69) is 38.8 Å². The zero-order valence-electron chi connectivity index (χ0n) is 15.5. The molecular formula is C21H28N4O. The van der Waals surface area contributed by atoms with Crippen LogP contribution >= 0.6 is 0 Å². The number of allylic oxidation sites excluding steroid dienone is 1. The Morgan fingerprint density at radius 1 is 1.00 bits per heavy atom. The Balaban J connectivity index is 1.42. The van der Waals surface area contributed by atoms with Crippen LogP contribution in [0.4, 0.5) is 11.8 Å². The zero-order valence-corrected chi connectivity index (χ0v) is 15.5. The minimum Gasteiger partial charge on any atom is -0.497 e. The van der Waals surface area contributed by atoms with Gasteiger partial charge in [-0.2, -0.15) is 4.98 Å². The second kappa shape index (κ2) is 9.80. The predicted molar refractivity (Wildman–Crippen MR) is 107 cm³/mol. The molecule has 0 radical (unpaired) electrons. The lowest BCUT2D eigenvalue weighted by atomic mass is 9.97. The standard InChI is InChI=1S/C21H28N4O/c1-26-19-9-7-18(8-10-19)12-15-23-21-24-16-13-20(25-21)22-14-11-17-5-3-2-4-6-17/h5,7-10,13,16H,2-4,6,11-12,14-15H2,1H3,(H2,22,23,24,25). The Labute approximate surface area is 155 Å². The van der Waals surface area contributed by atoms with E-state index >= 15 is 0 Å². The Morgan fingerprint density at radius 3 is 2.62 bits per heavy atom. The molecule has 0 saturated heterocycles. The van der Waals surface area contributed by atoms with Crippen molar-refractivity contribution < 1.29 is 4.74 Å². The van der Waals surface area contributed by atoms with E-state index in [9.17, 15) is 0 Å². The largest absolute Gasteiger partial charge is 0.497 e. The molecule has 1 aromatic heterocycles. The Bertz CT molecular complexity index is 712. The van der Waals surface area contributed by atoms with Gasteiger partial charge >= 0.3 is 0 Å². The third-order valence-corrected chi connectivity index (χ3v) is 4.65. The van der Waals surface area contributed by atoms with Gasteiger partial charge in [-0.3, -0.25) is 0 Å². The molecule has 5 nitrogen and oxygen atoms in total. The van der Waals surface area contributed by atoms with Gasteiger partial charge in [-0.1, -0.05) is 23.8 Å². The van der Waals surface area contributed by atoms with Gasteiger partial charge in [-0.15, -0.1) is 0 Å². The van der Waals surface area contributed by atoms with Crippen LogP contribution in [0.3, 0.4) is 0 Å². The highest BCUT2D eigenvalue weighted by molar-refractivity contribution is 5.39. The molecule has 0 aliphatic heterocycles. The molecule has 3 rings (SSSR count). The summed E-state index contributed by atoms with van der Waals surface area (Å²) in [4.78, 5) is 8.84. The Kier molecular flexibility index (Phi) is 6.88. The Hall–Kier alpha value is -2.56. The summed E-state index contributed by atoms with van der Waals surface area (Å²) in [6.45, 7) is 1.72. The van der Waals surface area contributed by atoms with Crippen molar-refractivity contribution in [3.63, 3.8) is 0 Å². The van der Waals surface area contributed by atoms with Gasteiger partial charge in [0.1, 0.15) is 11.6 Å². The summed E-state index contributed by atoms with van der Waals surface area (Å²) in [5, 5.41) is 6.70. The maximum absolute atomic E-state index is 5.18. The predicted octanol–water partition coefficient (Wildman–Crippen LogP) is 4.44. The summed E-state index contributed by atoms with van der Waals surface area (Å²) in [5.74, 6) is 2.43.